The third-order valence-electron chi connectivity index (χ3n) is 3.33. The molecule has 0 heterocycles. The third kappa shape index (κ3) is 4.54. The van der Waals surface area contributed by atoms with Crippen LogP contribution in [-0.4, -0.2) is 51.1 Å². The van der Waals surface area contributed by atoms with Crippen molar-refractivity contribution in [3.8, 4) is 0 Å². The van der Waals surface area contributed by atoms with Crippen LogP contribution in [0.25, 0.3) is 0 Å². The molecule has 5 atom stereocenters. The van der Waals surface area contributed by atoms with Gasteiger partial charge >= 0.3 is 0 Å². The molecule has 1 saturated carbocycles. The number of carbonyl (C=O) groups is 1. The molecule has 1 rings (SSSR count). The van der Waals surface area contributed by atoms with Gasteiger partial charge in [0.2, 0.25) is 0 Å². The van der Waals surface area contributed by atoms with Crippen LogP contribution in [0.4, 0.5) is 0 Å². The maximum atomic E-state index is 11.7. The lowest BCUT2D eigenvalue weighted by Crippen LogP contribution is -2.48. The monoisotopic (exact) mass is 270 g/mol. The zero-order chi connectivity index (χ0) is 14.4. The van der Waals surface area contributed by atoms with E-state index < -0.39 is 30.0 Å². The molecule has 0 amide bonds. The summed E-state index contributed by atoms with van der Waals surface area (Å²) in [6.07, 6.45) is 4.94. The molecule has 5 nitrogen and oxygen atoms in total. The minimum Gasteiger partial charge on any atom is -0.396 e. The number of hydrogen-bond donors (Lipinski definition) is 4. The van der Waals surface area contributed by atoms with Crippen LogP contribution in [0.15, 0.2) is 24.3 Å². The summed E-state index contributed by atoms with van der Waals surface area (Å²) >= 11 is 0. The molecule has 4 N–H and O–H groups in total. The van der Waals surface area contributed by atoms with Gasteiger partial charge in [-0.2, -0.15) is 0 Å². The average Bonchev–Trinajstić information content (AvgIpc) is 2.35. The SMILES string of the molecule is CC(O)CC=CC=CC1CC(O)C(O)C(=O)C1CO. The van der Waals surface area contributed by atoms with Crippen molar-refractivity contribution in [2.75, 3.05) is 6.61 Å². The van der Waals surface area contributed by atoms with Crippen LogP contribution in [-0.2, 0) is 4.79 Å². The predicted octanol–water partition coefficient (Wildman–Crippen LogP) is -0.211. The van der Waals surface area contributed by atoms with E-state index in [0.717, 1.165) is 0 Å². The smallest absolute Gasteiger partial charge is 0.169 e. The third-order valence-corrected chi connectivity index (χ3v) is 3.33. The van der Waals surface area contributed by atoms with E-state index >= 15 is 0 Å². The second kappa shape index (κ2) is 7.55. The molecule has 5 unspecified atom stereocenters. The lowest BCUT2D eigenvalue weighted by Gasteiger charge is -2.33. The molecule has 1 fully saturated rings. The van der Waals surface area contributed by atoms with Gasteiger partial charge in [0, 0.05) is 5.92 Å². The van der Waals surface area contributed by atoms with Crippen LogP contribution in [0.5, 0.6) is 0 Å². The Hall–Kier alpha value is -1.01. The fourth-order valence-corrected chi connectivity index (χ4v) is 2.19. The van der Waals surface area contributed by atoms with Gasteiger partial charge in [0.1, 0.15) is 6.10 Å². The van der Waals surface area contributed by atoms with E-state index in [4.69, 9.17) is 5.11 Å². The molecule has 0 aromatic heterocycles. The van der Waals surface area contributed by atoms with Gasteiger partial charge in [0.25, 0.3) is 0 Å². The van der Waals surface area contributed by atoms with Crippen molar-refractivity contribution in [2.24, 2.45) is 11.8 Å². The maximum absolute atomic E-state index is 11.7. The average molecular weight is 270 g/mol. The summed E-state index contributed by atoms with van der Waals surface area (Å²) in [5.41, 5.74) is 0. The molecule has 19 heavy (non-hydrogen) atoms. The highest BCUT2D eigenvalue weighted by Crippen LogP contribution is 2.29. The van der Waals surface area contributed by atoms with Gasteiger partial charge in [-0.3, -0.25) is 4.79 Å². The number of ketones is 1. The zero-order valence-corrected chi connectivity index (χ0v) is 11.0. The number of Topliss-reactive ketones (excluding diaryl/α,β-unsaturated/α-hetero) is 1. The Kier molecular flexibility index (Phi) is 6.37. The van der Waals surface area contributed by atoms with Crippen LogP contribution in [0, 0.1) is 11.8 Å². The molecular weight excluding hydrogens is 248 g/mol. The van der Waals surface area contributed by atoms with Crippen molar-refractivity contribution in [3.05, 3.63) is 24.3 Å². The zero-order valence-electron chi connectivity index (χ0n) is 11.0. The van der Waals surface area contributed by atoms with Gasteiger partial charge in [0.05, 0.1) is 18.8 Å². The molecule has 0 aliphatic heterocycles. The number of hydrogen-bond acceptors (Lipinski definition) is 5. The second-order valence-corrected chi connectivity index (χ2v) is 5.00. The topological polar surface area (TPSA) is 98.0 Å². The highest BCUT2D eigenvalue weighted by atomic mass is 16.3. The van der Waals surface area contributed by atoms with E-state index in [0.29, 0.717) is 6.42 Å². The first-order valence-electron chi connectivity index (χ1n) is 6.49. The summed E-state index contributed by atoms with van der Waals surface area (Å²) < 4.78 is 0. The first-order chi connectivity index (χ1) is 8.97. The Labute approximate surface area is 112 Å². The van der Waals surface area contributed by atoms with Gasteiger partial charge in [0.15, 0.2) is 5.78 Å². The number of rotatable bonds is 5. The Morgan fingerprint density at radius 3 is 2.63 bits per heavy atom. The quantitative estimate of drug-likeness (QED) is 0.518. The van der Waals surface area contributed by atoms with E-state index in [1.165, 1.54) is 0 Å². The fraction of sp³-hybridized carbons (Fsp3) is 0.643. The summed E-state index contributed by atoms with van der Waals surface area (Å²) in [6.45, 7) is 1.35. The van der Waals surface area contributed by atoms with E-state index in [2.05, 4.69) is 0 Å². The highest BCUT2D eigenvalue weighted by Gasteiger charge is 2.40. The normalized spacial score (nSPS) is 34.3. The molecule has 0 bridgehead atoms. The van der Waals surface area contributed by atoms with Crippen molar-refractivity contribution in [3.63, 3.8) is 0 Å². The van der Waals surface area contributed by atoms with Crippen molar-refractivity contribution < 1.29 is 25.2 Å². The summed E-state index contributed by atoms with van der Waals surface area (Å²) in [5.74, 6) is -1.46. The second-order valence-electron chi connectivity index (χ2n) is 5.00. The highest BCUT2D eigenvalue weighted by molar-refractivity contribution is 5.87. The number of allylic oxidation sites excluding steroid dienone is 3. The summed E-state index contributed by atoms with van der Waals surface area (Å²) in [6, 6.07) is 0. The number of aliphatic hydroxyl groups is 4. The Balaban J connectivity index is 2.62. The van der Waals surface area contributed by atoms with Crippen LogP contribution in [0.2, 0.25) is 0 Å². The molecule has 1 aliphatic carbocycles. The first-order valence-corrected chi connectivity index (χ1v) is 6.49. The van der Waals surface area contributed by atoms with E-state index in [1.807, 2.05) is 0 Å². The number of carbonyl (C=O) groups excluding carboxylic acids is 1. The fourth-order valence-electron chi connectivity index (χ4n) is 2.19. The summed E-state index contributed by atoms with van der Waals surface area (Å²) in [4.78, 5) is 11.7. The van der Waals surface area contributed by atoms with E-state index in [1.54, 1.807) is 31.2 Å². The Morgan fingerprint density at radius 2 is 2.05 bits per heavy atom. The molecule has 0 spiro atoms. The van der Waals surface area contributed by atoms with Crippen LogP contribution < -0.4 is 0 Å². The van der Waals surface area contributed by atoms with Crippen molar-refractivity contribution >= 4 is 5.78 Å². The van der Waals surface area contributed by atoms with Crippen LogP contribution in [0.3, 0.4) is 0 Å². The molecule has 1 aliphatic rings. The summed E-state index contributed by atoms with van der Waals surface area (Å²) in [5, 5.41) is 37.3. The van der Waals surface area contributed by atoms with Crippen LogP contribution >= 0.6 is 0 Å². The molecule has 5 heteroatoms. The molecular formula is C14H22O5. The summed E-state index contributed by atoms with van der Waals surface area (Å²) in [7, 11) is 0. The van der Waals surface area contributed by atoms with Gasteiger partial charge < -0.3 is 20.4 Å². The Bertz CT molecular complexity index is 348. The van der Waals surface area contributed by atoms with Crippen molar-refractivity contribution in [1.82, 2.24) is 0 Å². The van der Waals surface area contributed by atoms with Crippen LogP contribution in [0.1, 0.15) is 19.8 Å². The lowest BCUT2D eigenvalue weighted by atomic mass is 9.75. The maximum Gasteiger partial charge on any atom is 0.169 e. The first kappa shape index (κ1) is 16.0. The van der Waals surface area contributed by atoms with Gasteiger partial charge in [-0.1, -0.05) is 24.3 Å². The molecule has 108 valence electrons. The van der Waals surface area contributed by atoms with Gasteiger partial charge in [-0.15, -0.1) is 0 Å². The minimum absolute atomic E-state index is 0.249. The number of aliphatic hydroxyl groups excluding tert-OH is 4. The van der Waals surface area contributed by atoms with E-state index in [-0.39, 0.29) is 18.9 Å². The standard InChI is InChI=1S/C14H22O5/c1-9(16)5-3-2-4-6-10-7-12(17)14(19)13(18)11(10)8-15/h2-4,6,9-12,14-17,19H,5,7-8H2,1H3. The molecule has 0 aromatic carbocycles. The predicted molar refractivity (Wildman–Crippen MR) is 70.3 cm³/mol. The van der Waals surface area contributed by atoms with Crippen molar-refractivity contribution in [1.29, 1.82) is 0 Å². The lowest BCUT2D eigenvalue weighted by molar-refractivity contribution is -0.146. The molecule has 0 aromatic rings. The van der Waals surface area contributed by atoms with Crippen molar-refractivity contribution in [2.45, 2.75) is 38.1 Å². The van der Waals surface area contributed by atoms with Gasteiger partial charge in [-0.25, -0.2) is 0 Å². The Morgan fingerprint density at radius 1 is 1.37 bits per heavy atom. The van der Waals surface area contributed by atoms with E-state index in [9.17, 15) is 20.1 Å². The van der Waals surface area contributed by atoms with Gasteiger partial charge in [-0.05, 0) is 25.7 Å². The molecule has 0 radical (unpaired) electrons. The largest absolute Gasteiger partial charge is 0.396 e. The minimum atomic E-state index is -1.40. The molecule has 0 saturated heterocycles.